The number of benzene rings is 2. The van der Waals surface area contributed by atoms with Gasteiger partial charge in [-0.15, -0.1) is 24.8 Å². The summed E-state index contributed by atoms with van der Waals surface area (Å²) in [6.45, 7) is 9.43. The van der Waals surface area contributed by atoms with Crippen molar-refractivity contribution in [3.63, 3.8) is 0 Å². The number of hydrogen-bond donors (Lipinski definition) is 3. The highest BCUT2D eigenvalue weighted by Crippen LogP contribution is 2.38. The third-order valence-electron chi connectivity index (χ3n) is 5.95. The van der Waals surface area contributed by atoms with E-state index in [2.05, 4.69) is 91.4 Å². The lowest BCUT2D eigenvalue weighted by atomic mass is 9.83. The first-order valence-electron chi connectivity index (χ1n) is 9.68. The summed E-state index contributed by atoms with van der Waals surface area (Å²) in [5.74, 6) is 0. The summed E-state index contributed by atoms with van der Waals surface area (Å²) in [6.07, 6.45) is 4.19. The number of halogens is 3. The minimum absolute atomic E-state index is 0. The van der Waals surface area contributed by atoms with Crippen LogP contribution in [-0.4, -0.2) is 22.8 Å². The van der Waals surface area contributed by atoms with Crippen molar-refractivity contribution in [3.8, 4) is 11.1 Å². The van der Waals surface area contributed by atoms with Crippen LogP contribution < -0.4 is 10.4 Å². The zero-order valence-electron chi connectivity index (χ0n) is 17.4. The maximum atomic E-state index is 10.5. The normalized spacial score (nSPS) is 20.6. The Labute approximate surface area is 194 Å². The van der Waals surface area contributed by atoms with Crippen LogP contribution in [0.2, 0.25) is 0 Å². The number of rotatable bonds is 3. The molecule has 1 atom stereocenters. The van der Waals surface area contributed by atoms with Gasteiger partial charge in [0, 0.05) is 17.0 Å². The van der Waals surface area contributed by atoms with Crippen LogP contribution in [0, 0.1) is 0 Å². The van der Waals surface area contributed by atoms with Gasteiger partial charge in [0.2, 0.25) is 0 Å². The monoisotopic (exact) mass is 500 g/mol. The molecule has 0 fully saturated rings. The van der Waals surface area contributed by atoms with Crippen molar-refractivity contribution in [2.45, 2.75) is 51.6 Å². The van der Waals surface area contributed by atoms with E-state index in [-0.39, 0.29) is 35.9 Å². The average molecular weight is 502 g/mol. The van der Waals surface area contributed by atoms with Crippen LogP contribution in [-0.2, 0) is 6.42 Å². The molecule has 29 heavy (non-hydrogen) atoms. The Morgan fingerprint density at radius 1 is 1.00 bits per heavy atom. The van der Waals surface area contributed by atoms with Gasteiger partial charge in [-0.2, -0.15) is 5.06 Å². The number of fused-ring (bicyclic) bond motifs is 3. The largest absolute Gasteiger partial charge is 0.310 e. The van der Waals surface area contributed by atoms with E-state index >= 15 is 0 Å². The van der Waals surface area contributed by atoms with Crippen molar-refractivity contribution in [1.82, 2.24) is 0 Å². The fourth-order valence-corrected chi connectivity index (χ4v) is 5.27. The summed E-state index contributed by atoms with van der Waals surface area (Å²) in [7, 11) is 0. The van der Waals surface area contributed by atoms with Gasteiger partial charge in [0.15, 0.2) is 0 Å². The number of quaternary nitrogens is 2. The number of hydrogen-bond acceptors (Lipinski definition) is 1. The summed E-state index contributed by atoms with van der Waals surface area (Å²) < 4.78 is 1.15. The maximum absolute atomic E-state index is 10.5. The van der Waals surface area contributed by atoms with E-state index in [1.165, 1.54) is 33.5 Å². The van der Waals surface area contributed by atoms with Crippen molar-refractivity contribution < 1.29 is 15.6 Å². The van der Waals surface area contributed by atoms with Crippen LogP contribution in [0.5, 0.6) is 0 Å². The summed E-state index contributed by atoms with van der Waals surface area (Å²) in [5.41, 5.74) is 7.85. The van der Waals surface area contributed by atoms with Gasteiger partial charge in [0.05, 0.1) is 0 Å². The van der Waals surface area contributed by atoms with E-state index in [4.69, 9.17) is 0 Å². The molecule has 1 aliphatic heterocycles. The maximum Gasteiger partial charge on any atom is 0.141 e. The predicted molar refractivity (Wildman–Crippen MR) is 127 cm³/mol. The van der Waals surface area contributed by atoms with E-state index in [0.29, 0.717) is 5.06 Å². The molecule has 1 heterocycles. The molecule has 3 nitrogen and oxygen atoms in total. The van der Waals surface area contributed by atoms with Crippen LogP contribution in [0.25, 0.3) is 11.1 Å². The van der Waals surface area contributed by atoms with Crippen LogP contribution >= 0.6 is 40.7 Å². The average Bonchev–Trinajstić information content (AvgIpc) is 2.93. The molecule has 0 radical (unpaired) electrons. The molecular formula is C23H31BrCl2N2O+2. The van der Waals surface area contributed by atoms with Crippen molar-refractivity contribution in [2.75, 3.05) is 6.54 Å². The highest BCUT2D eigenvalue weighted by molar-refractivity contribution is 9.10. The molecule has 2 aliphatic rings. The SMILES string of the molecule is CC1(C)C=C(C[NH2+]c2ccc3c(c2)Cc2cc(Br)ccc2-3)CC(C)(C)[NH+]1O.Cl.Cl. The highest BCUT2D eigenvalue weighted by Gasteiger charge is 2.45. The van der Waals surface area contributed by atoms with Crippen molar-refractivity contribution >= 4 is 46.4 Å². The van der Waals surface area contributed by atoms with E-state index < -0.39 is 0 Å². The number of nitrogens with two attached hydrogens (primary N) is 1. The summed E-state index contributed by atoms with van der Waals surface area (Å²) >= 11 is 3.58. The van der Waals surface area contributed by atoms with E-state index in [9.17, 15) is 5.21 Å². The van der Waals surface area contributed by atoms with Gasteiger partial charge in [0.1, 0.15) is 23.3 Å². The van der Waals surface area contributed by atoms with E-state index in [1.54, 1.807) is 0 Å². The van der Waals surface area contributed by atoms with Crippen LogP contribution in [0.15, 0.2) is 52.5 Å². The summed E-state index contributed by atoms with van der Waals surface area (Å²) in [6, 6.07) is 13.4. The Hall–Kier alpha value is -0.880. The van der Waals surface area contributed by atoms with Crippen molar-refractivity contribution in [1.29, 1.82) is 0 Å². The lowest BCUT2D eigenvalue weighted by Gasteiger charge is -2.42. The zero-order valence-corrected chi connectivity index (χ0v) is 20.6. The molecule has 0 bridgehead atoms. The van der Waals surface area contributed by atoms with Gasteiger partial charge >= 0.3 is 0 Å². The molecule has 2 aromatic rings. The fourth-order valence-electron chi connectivity index (χ4n) is 4.86. The molecule has 0 saturated heterocycles. The van der Waals surface area contributed by atoms with Gasteiger partial charge in [-0.3, -0.25) is 0 Å². The first kappa shape index (κ1) is 24.4. The molecule has 6 heteroatoms. The molecule has 0 amide bonds. The fraction of sp³-hybridized carbons (Fsp3) is 0.391. The van der Waals surface area contributed by atoms with Crippen LogP contribution in [0.4, 0.5) is 5.69 Å². The number of hydroxylamine groups is 2. The molecular weight excluding hydrogens is 471 g/mol. The summed E-state index contributed by atoms with van der Waals surface area (Å²) in [5, 5.41) is 13.5. The smallest absolute Gasteiger partial charge is 0.141 e. The minimum Gasteiger partial charge on any atom is -0.310 e. The molecule has 4 N–H and O–H groups in total. The van der Waals surface area contributed by atoms with Gasteiger partial charge < -0.3 is 5.32 Å². The molecule has 0 spiro atoms. The van der Waals surface area contributed by atoms with Gasteiger partial charge in [0.25, 0.3) is 0 Å². The first-order valence-corrected chi connectivity index (χ1v) is 10.5. The lowest BCUT2D eigenvalue weighted by molar-refractivity contribution is -1.16. The van der Waals surface area contributed by atoms with Gasteiger partial charge in [-0.1, -0.05) is 22.0 Å². The first-order chi connectivity index (χ1) is 12.7. The molecule has 1 aliphatic carbocycles. The predicted octanol–water partition coefficient (Wildman–Crippen LogP) is 4.22. The molecule has 1 unspecified atom stereocenters. The van der Waals surface area contributed by atoms with Crippen molar-refractivity contribution in [3.05, 3.63) is 63.6 Å². The Morgan fingerprint density at radius 2 is 1.62 bits per heavy atom. The minimum atomic E-state index is -0.252. The topological polar surface area (TPSA) is 41.3 Å². The van der Waals surface area contributed by atoms with Gasteiger partial charge in [-0.25, -0.2) is 5.21 Å². The number of nitrogens with one attached hydrogen (secondary N) is 1. The third kappa shape index (κ3) is 4.73. The quantitative estimate of drug-likeness (QED) is 0.365. The third-order valence-corrected chi connectivity index (χ3v) is 6.45. The highest BCUT2D eigenvalue weighted by atomic mass is 79.9. The Morgan fingerprint density at radius 3 is 2.28 bits per heavy atom. The second-order valence-corrected chi connectivity index (χ2v) is 10.2. The Kier molecular flexibility index (Phi) is 7.32. The lowest BCUT2D eigenvalue weighted by Crippen LogP contribution is -3.24. The van der Waals surface area contributed by atoms with Crippen LogP contribution in [0.3, 0.4) is 0 Å². The van der Waals surface area contributed by atoms with Gasteiger partial charge in [-0.05, 0) is 92.3 Å². The molecule has 0 saturated carbocycles. The Bertz CT molecular complexity index is 940. The molecule has 158 valence electrons. The Balaban J connectivity index is 0.00000150. The second-order valence-electron chi connectivity index (χ2n) is 9.24. The van der Waals surface area contributed by atoms with E-state index in [1.807, 2.05) is 0 Å². The summed E-state index contributed by atoms with van der Waals surface area (Å²) in [4.78, 5) is 0. The zero-order chi connectivity index (χ0) is 19.4. The van der Waals surface area contributed by atoms with Crippen LogP contribution in [0.1, 0.15) is 45.2 Å². The van der Waals surface area contributed by atoms with E-state index in [0.717, 1.165) is 23.9 Å². The molecule has 4 rings (SSSR count). The van der Waals surface area contributed by atoms with Crippen molar-refractivity contribution in [2.24, 2.45) is 0 Å². The second kappa shape index (κ2) is 8.70. The standard InChI is InChI=1S/C23H27BrN2O.2ClH/c1-22(2)12-15(13-23(3,4)26(22)27)14-25-19-6-8-21-17(11-19)9-16-10-18(24)5-7-20(16)21;;/h5-8,10-12,25,27H,9,13-14H2,1-4H3;2*1H/p+2. The molecule has 0 aromatic heterocycles. The molecule has 2 aromatic carbocycles.